The summed E-state index contributed by atoms with van der Waals surface area (Å²) in [6.07, 6.45) is 9.38. The highest BCUT2D eigenvalue weighted by Gasteiger charge is 2.51. The number of hydrogen-bond donors (Lipinski definition) is 0. The molecular formula is C18H22. The Kier molecular flexibility index (Phi) is 2.52. The van der Waals surface area contributed by atoms with Crippen molar-refractivity contribution in [2.45, 2.75) is 39.0 Å². The van der Waals surface area contributed by atoms with E-state index in [-0.39, 0.29) is 0 Å². The molecule has 0 heterocycles. The molecule has 0 saturated heterocycles. The molecule has 0 heteroatoms. The normalized spacial score (nSPS) is 33.1. The van der Waals surface area contributed by atoms with Gasteiger partial charge in [0.05, 0.1) is 0 Å². The first-order valence-corrected chi connectivity index (χ1v) is 6.97. The maximum atomic E-state index is 2.45. The van der Waals surface area contributed by atoms with Crippen LogP contribution in [0, 0.1) is 11.3 Å². The molecule has 0 aromatic heterocycles. The van der Waals surface area contributed by atoms with Crippen LogP contribution in [0.25, 0.3) is 0 Å². The summed E-state index contributed by atoms with van der Waals surface area (Å²) in [6, 6.07) is 11.1. The second-order valence-corrected chi connectivity index (χ2v) is 6.68. The van der Waals surface area contributed by atoms with Crippen molar-refractivity contribution in [2.24, 2.45) is 11.3 Å². The Morgan fingerprint density at radius 2 is 1.78 bits per heavy atom. The molecule has 0 nitrogen and oxygen atoms in total. The SMILES string of the molecule is CC1(C)CC(C)(c2ccccc2)C2CC=CC=C21. The number of allylic oxidation sites excluding steroid dienone is 4. The minimum absolute atomic E-state index is 0.293. The molecule has 0 amide bonds. The largest absolute Gasteiger partial charge is 0.0839 e. The summed E-state index contributed by atoms with van der Waals surface area (Å²) in [5.74, 6) is 0.680. The summed E-state index contributed by atoms with van der Waals surface area (Å²) in [6.45, 7) is 7.26. The molecular weight excluding hydrogens is 216 g/mol. The van der Waals surface area contributed by atoms with Crippen LogP contribution in [0.4, 0.5) is 0 Å². The summed E-state index contributed by atoms with van der Waals surface area (Å²) in [5.41, 5.74) is 3.78. The molecule has 3 rings (SSSR count). The van der Waals surface area contributed by atoms with E-state index in [2.05, 4.69) is 69.3 Å². The Balaban J connectivity index is 2.10. The molecule has 0 bridgehead atoms. The number of hydrogen-bond acceptors (Lipinski definition) is 0. The van der Waals surface area contributed by atoms with E-state index in [9.17, 15) is 0 Å². The van der Waals surface area contributed by atoms with Gasteiger partial charge in [-0.2, -0.15) is 0 Å². The van der Waals surface area contributed by atoms with Crippen molar-refractivity contribution >= 4 is 0 Å². The zero-order chi connectivity index (χ0) is 12.8. The zero-order valence-electron chi connectivity index (χ0n) is 11.6. The van der Waals surface area contributed by atoms with Crippen molar-refractivity contribution in [2.75, 3.05) is 0 Å². The fourth-order valence-corrected chi connectivity index (χ4v) is 4.20. The number of fused-ring (bicyclic) bond motifs is 1. The molecule has 2 atom stereocenters. The smallest absolute Gasteiger partial charge is 0.000154 e. The van der Waals surface area contributed by atoms with Crippen LogP contribution in [-0.2, 0) is 5.41 Å². The van der Waals surface area contributed by atoms with Crippen molar-refractivity contribution in [3.05, 3.63) is 59.7 Å². The summed E-state index contributed by atoms with van der Waals surface area (Å²) >= 11 is 0. The molecule has 0 radical (unpaired) electrons. The lowest BCUT2D eigenvalue weighted by Crippen LogP contribution is -2.27. The molecule has 0 spiro atoms. The highest BCUT2D eigenvalue weighted by atomic mass is 14.5. The third-order valence-corrected chi connectivity index (χ3v) is 4.95. The average Bonchev–Trinajstić information content (AvgIpc) is 2.60. The number of benzene rings is 1. The van der Waals surface area contributed by atoms with Crippen molar-refractivity contribution in [1.82, 2.24) is 0 Å². The zero-order valence-corrected chi connectivity index (χ0v) is 11.6. The van der Waals surface area contributed by atoms with Gasteiger partial charge < -0.3 is 0 Å². The van der Waals surface area contributed by atoms with Gasteiger partial charge in [-0.25, -0.2) is 0 Å². The second-order valence-electron chi connectivity index (χ2n) is 6.68. The standard InChI is InChI=1S/C18H22/c1-17(2)13-18(3,14-9-5-4-6-10-14)16-12-8-7-11-15(16)17/h4-11,16H,12-13H2,1-3H3. The van der Waals surface area contributed by atoms with Crippen LogP contribution in [0.15, 0.2) is 54.1 Å². The van der Waals surface area contributed by atoms with Gasteiger partial charge in [0.15, 0.2) is 0 Å². The van der Waals surface area contributed by atoms with Gasteiger partial charge in [-0.15, -0.1) is 0 Å². The molecule has 1 saturated carbocycles. The molecule has 0 N–H and O–H groups in total. The highest BCUT2D eigenvalue weighted by Crippen LogP contribution is 2.59. The third kappa shape index (κ3) is 1.59. The van der Waals surface area contributed by atoms with Gasteiger partial charge in [0.2, 0.25) is 0 Å². The number of rotatable bonds is 1. The molecule has 2 aliphatic rings. The predicted octanol–water partition coefficient (Wildman–Crippen LogP) is 4.88. The van der Waals surface area contributed by atoms with Gasteiger partial charge in [0.25, 0.3) is 0 Å². The molecule has 1 aromatic carbocycles. The van der Waals surface area contributed by atoms with Gasteiger partial charge in [0, 0.05) is 5.41 Å². The summed E-state index contributed by atoms with van der Waals surface area (Å²) < 4.78 is 0. The fraction of sp³-hybridized carbons (Fsp3) is 0.444. The monoisotopic (exact) mass is 238 g/mol. The Morgan fingerprint density at radius 3 is 2.50 bits per heavy atom. The van der Waals surface area contributed by atoms with Crippen LogP contribution in [-0.4, -0.2) is 0 Å². The van der Waals surface area contributed by atoms with E-state index in [1.807, 2.05) is 0 Å². The van der Waals surface area contributed by atoms with Gasteiger partial charge in [0.1, 0.15) is 0 Å². The molecule has 94 valence electrons. The van der Waals surface area contributed by atoms with E-state index in [1.54, 1.807) is 5.57 Å². The first-order valence-electron chi connectivity index (χ1n) is 6.97. The van der Waals surface area contributed by atoms with Gasteiger partial charge >= 0.3 is 0 Å². The Labute approximate surface area is 110 Å². The summed E-state index contributed by atoms with van der Waals surface area (Å²) in [5, 5.41) is 0. The van der Waals surface area contributed by atoms with E-state index in [0.29, 0.717) is 16.7 Å². The molecule has 0 aliphatic heterocycles. The van der Waals surface area contributed by atoms with Crippen molar-refractivity contribution in [3.63, 3.8) is 0 Å². The van der Waals surface area contributed by atoms with Gasteiger partial charge in [-0.3, -0.25) is 0 Å². The Bertz CT molecular complexity index is 504. The second kappa shape index (κ2) is 3.85. The molecule has 2 unspecified atom stereocenters. The van der Waals surface area contributed by atoms with E-state index < -0.39 is 0 Å². The minimum Gasteiger partial charge on any atom is -0.0839 e. The summed E-state index contributed by atoms with van der Waals surface area (Å²) in [4.78, 5) is 0. The van der Waals surface area contributed by atoms with Gasteiger partial charge in [-0.1, -0.05) is 74.9 Å². The maximum Gasteiger partial charge on any atom is 0.000154 e. The van der Waals surface area contributed by atoms with E-state index in [0.717, 1.165) is 0 Å². The van der Waals surface area contributed by atoms with Crippen LogP contribution in [0.1, 0.15) is 39.2 Å². The summed E-state index contributed by atoms with van der Waals surface area (Å²) in [7, 11) is 0. The Morgan fingerprint density at radius 1 is 1.06 bits per heavy atom. The molecule has 18 heavy (non-hydrogen) atoms. The van der Waals surface area contributed by atoms with Crippen molar-refractivity contribution in [1.29, 1.82) is 0 Å². The fourth-order valence-electron chi connectivity index (χ4n) is 4.20. The van der Waals surface area contributed by atoms with Crippen LogP contribution in [0.3, 0.4) is 0 Å². The van der Waals surface area contributed by atoms with E-state index in [1.165, 1.54) is 18.4 Å². The lowest BCUT2D eigenvalue weighted by molar-refractivity contribution is 0.338. The van der Waals surface area contributed by atoms with Gasteiger partial charge in [-0.05, 0) is 29.7 Å². The van der Waals surface area contributed by atoms with Crippen LogP contribution < -0.4 is 0 Å². The van der Waals surface area contributed by atoms with Crippen molar-refractivity contribution < 1.29 is 0 Å². The first kappa shape index (κ1) is 11.8. The topological polar surface area (TPSA) is 0 Å². The highest BCUT2D eigenvalue weighted by molar-refractivity contribution is 5.41. The maximum absolute atomic E-state index is 2.45. The van der Waals surface area contributed by atoms with E-state index >= 15 is 0 Å². The van der Waals surface area contributed by atoms with Crippen LogP contribution in [0.5, 0.6) is 0 Å². The van der Waals surface area contributed by atoms with E-state index in [4.69, 9.17) is 0 Å². The van der Waals surface area contributed by atoms with Crippen molar-refractivity contribution in [3.8, 4) is 0 Å². The quantitative estimate of drug-likeness (QED) is 0.654. The molecule has 2 aliphatic carbocycles. The first-order chi connectivity index (χ1) is 8.54. The average molecular weight is 238 g/mol. The predicted molar refractivity (Wildman–Crippen MR) is 77.5 cm³/mol. The van der Waals surface area contributed by atoms with Crippen LogP contribution >= 0.6 is 0 Å². The van der Waals surface area contributed by atoms with Crippen LogP contribution in [0.2, 0.25) is 0 Å². The third-order valence-electron chi connectivity index (χ3n) is 4.95. The Hall–Kier alpha value is -1.30. The molecule has 1 fully saturated rings. The lowest BCUT2D eigenvalue weighted by atomic mass is 9.71. The minimum atomic E-state index is 0.293. The lowest BCUT2D eigenvalue weighted by Gasteiger charge is -2.33. The molecule has 1 aromatic rings.